The van der Waals surface area contributed by atoms with Crippen LogP contribution in [0.1, 0.15) is 5.56 Å². The summed E-state index contributed by atoms with van der Waals surface area (Å²) in [6.07, 6.45) is 1.65. The summed E-state index contributed by atoms with van der Waals surface area (Å²) < 4.78 is 0.737. The third-order valence-electron chi connectivity index (χ3n) is 2.27. The van der Waals surface area contributed by atoms with Crippen molar-refractivity contribution in [2.24, 2.45) is 0 Å². The number of halogens is 2. The first-order valence-electron chi connectivity index (χ1n) is 4.98. The molecule has 17 heavy (non-hydrogen) atoms. The van der Waals surface area contributed by atoms with Crippen LogP contribution in [-0.4, -0.2) is 10.1 Å². The molecule has 0 saturated carbocycles. The minimum Gasteiger partial charge on any atom is -0.508 e. The van der Waals surface area contributed by atoms with Gasteiger partial charge < -0.3 is 10.4 Å². The molecule has 2 aromatic rings. The fraction of sp³-hybridized carbons (Fsp3) is 0.0833. The predicted octanol–water partition coefficient (Wildman–Crippen LogP) is 3.82. The summed E-state index contributed by atoms with van der Waals surface area (Å²) in [4.78, 5) is 4.01. The van der Waals surface area contributed by atoms with Crippen molar-refractivity contribution < 1.29 is 5.11 Å². The highest BCUT2D eigenvalue weighted by Gasteiger charge is 2.02. The predicted molar refractivity (Wildman–Crippen MR) is 72.4 cm³/mol. The summed E-state index contributed by atoms with van der Waals surface area (Å²) in [5.41, 5.74) is 1.67. The molecule has 0 aliphatic rings. The quantitative estimate of drug-likeness (QED) is 0.847. The molecule has 0 radical (unpaired) electrons. The Kier molecular flexibility index (Phi) is 3.86. The van der Waals surface area contributed by atoms with E-state index in [0.717, 1.165) is 15.7 Å². The zero-order chi connectivity index (χ0) is 12.3. The van der Waals surface area contributed by atoms with Gasteiger partial charge in [0.05, 0.1) is 16.4 Å². The van der Waals surface area contributed by atoms with Crippen LogP contribution in [0.5, 0.6) is 5.75 Å². The number of anilines is 1. The number of hydrogen-bond donors (Lipinski definition) is 2. The van der Waals surface area contributed by atoms with Crippen LogP contribution in [0.4, 0.5) is 5.69 Å². The van der Waals surface area contributed by atoms with Crippen LogP contribution in [0.25, 0.3) is 0 Å². The summed E-state index contributed by atoms with van der Waals surface area (Å²) in [6, 6.07) is 9.04. The third kappa shape index (κ3) is 3.11. The summed E-state index contributed by atoms with van der Waals surface area (Å²) in [5, 5.41) is 13.2. The molecule has 2 N–H and O–H groups in total. The van der Waals surface area contributed by atoms with Gasteiger partial charge in [0.15, 0.2) is 0 Å². The number of hydrogen-bond acceptors (Lipinski definition) is 3. The van der Waals surface area contributed by atoms with Crippen LogP contribution in [0.3, 0.4) is 0 Å². The van der Waals surface area contributed by atoms with Gasteiger partial charge in [-0.3, -0.25) is 0 Å². The summed E-state index contributed by atoms with van der Waals surface area (Å²) in [5.74, 6) is 0.279. The van der Waals surface area contributed by atoms with Gasteiger partial charge in [-0.2, -0.15) is 0 Å². The Morgan fingerprint density at radius 2 is 2.12 bits per heavy atom. The van der Waals surface area contributed by atoms with Crippen molar-refractivity contribution in [3.63, 3.8) is 0 Å². The SMILES string of the molecule is Oc1ccccc1CNc1cnc(Cl)c(Br)c1. The van der Waals surface area contributed by atoms with E-state index in [2.05, 4.69) is 26.2 Å². The second-order valence-corrected chi connectivity index (χ2v) is 4.69. The molecule has 1 aromatic heterocycles. The Hall–Kier alpha value is -1.26. The van der Waals surface area contributed by atoms with Crippen LogP contribution in [0, 0.1) is 0 Å². The molecule has 5 heteroatoms. The van der Waals surface area contributed by atoms with E-state index in [1.165, 1.54) is 0 Å². The lowest BCUT2D eigenvalue weighted by atomic mass is 10.2. The highest BCUT2D eigenvalue weighted by molar-refractivity contribution is 9.10. The lowest BCUT2D eigenvalue weighted by Crippen LogP contribution is -2.00. The van der Waals surface area contributed by atoms with E-state index in [1.807, 2.05) is 18.2 Å². The molecule has 0 aliphatic carbocycles. The van der Waals surface area contributed by atoms with Gasteiger partial charge in [0.2, 0.25) is 0 Å². The van der Waals surface area contributed by atoms with Crippen molar-refractivity contribution in [3.8, 4) is 5.75 Å². The van der Waals surface area contributed by atoms with Crippen LogP contribution in [0.15, 0.2) is 41.0 Å². The number of nitrogens with one attached hydrogen (secondary N) is 1. The molecule has 0 aliphatic heterocycles. The average Bonchev–Trinajstić information content (AvgIpc) is 2.32. The number of para-hydroxylation sites is 1. The number of benzene rings is 1. The van der Waals surface area contributed by atoms with Crippen molar-refractivity contribution in [1.29, 1.82) is 0 Å². The fourth-order valence-corrected chi connectivity index (χ4v) is 1.83. The van der Waals surface area contributed by atoms with Crippen molar-refractivity contribution in [2.45, 2.75) is 6.54 Å². The van der Waals surface area contributed by atoms with Gasteiger partial charge in [0.1, 0.15) is 10.9 Å². The van der Waals surface area contributed by atoms with E-state index in [0.29, 0.717) is 11.7 Å². The minimum absolute atomic E-state index is 0.279. The first-order valence-corrected chi connectivity index (χ1v) is 6.15. The molecule has 0 saturated heterocycles. The Bertz CT molecular complexity index is 534. The molecule has 1 aromatic carbocycles. The molecule has 1 heterocycles. The lowest BCUT2D eigenvalue weighted by Gasteiger charge is -2.08. The highest BCUT2D eigenvalue weighted by atomic mass is 79.9. The smallest absolute Gasteiger partial charge is 0.143 e. The summed E-state index contributed by atoms with van der Waals surface area (Å²) in [7, 11) is 0. The topological polar surface area (TPSA) is 45.1 Å². The second-order valence-electron chi connectivity index (χ2n) is 3.48. The van der Waals surface area contributed by atoms with Crippen LogP contribution >= 0.6 is 27.5 Å². The lowest BCUT2D eigenvalue weighted by molar-refractivity contribution is 0.469. The van der Waals surface area contributed by atoms with Gasteiger partial charge in [-0.15, -0.1) is 0 Å². The van der Waals surface area contributed by atoms with E-state index in [4.69, 9.17) is 11.6 Å². The molecule has 0 bridgehead atoms. The average molecular weight is 314 g/mol. The molecule has 0 atom stereocenters. The van der Waals surface area contributed by atoms with Crippen molar-refractivity contribution in [1.82, 2.24) is 4.98 Å². The Balaban J connectivity index is 2.08. The summed E-state index contributed by atoms with van der Waals surface area (Å²) in [6.45, 7) is 0.530. The molecule has 0 fully saturated rings. The number of nitrogens with zero attached hydrogens (tertiary/aromatic N) is 1. The molecular weight excluding hydrogens is 304 g/mol. The van der Waals surface area contributed by atoms with Gasteiger partial charge >= 0.3 is 0 Å². The number of phenols is 1. The number of phenolic OH excluding ortho intramolecular Hbond substituents is 1. The van der Waals surface area contributed by atoms with Crippen molar-refractivity contribution >= 4 is 33.2 Å². The number of rotatable bonds is 3. The molecule has 3 nitrogen and oxygen atoms in total. The maximum Gasteiger partial charge on any atom is 0.143 e. The Labute approximate surface area is 113 Å². The maximum atomic E-state index is 9.60. The van der Waals surface area contributed by atoms with E-state index >= 15 is 0 Å². The normalized spacial score (nSPS) is 10.2. The molecule has 0 amide bonds. The van der Waals surface area contributed by atoms with E-state index in [9.17, 15) is 5.11 Å². The van der Waals surface area contributed by atoms with Gasteiger partial charge in [0.25, 0.3) is 0 Å². The zero-order valence-corrected chi connectivity index (χ0v) is 11.2. The maximum absolute atomic E-state index is 9.60. The number of aromatic nitrogens is 1. The van der Waals surface area contributed by atoms with Gasteiger partial charge in [0, 0.05) is 12.1 Å². The van der Waals surface area contributed by atoms with Crippen molar-refractivity contribution in [3.05, 3.63) is 51.7 Å². The van der Waals surface area contributed by atoms with E-state index < -0.39 is 0 Å². The standard InChI is InChI=1S/C12H10BrClN2O/c13-10-5-9(7-16-12(10)14)15-6-8-3-1-2-4-11(8)17/h1-5,7,15,17H,6H2. The number of aromatic hydroxyl groups is 1. The number of pyridine rings is 1. The minimum atomic E-state index is 0.279. The van der Waals surface area contributed by atoms with E-state index in [1.54, 1.807) is 18.3 Å². The second kappa shape index (κ2) is 5.38. The Morgan fingerprint density at radius 3 is 2.82 bits per heavy atom. The largest absolute Gasteiger partial charge is 0.508 e. The van der Waals surface area contributed by atoms with Crippen molar-refractivity contribution in [2.75, 3.05) is 5.32 Å². The van der Waals surface area contributed by atoms with Gasteiger partial charge in [-0.05, 0) is 28.1 Å². The molecule has 0 unspecified atom stereocenters. The molecular formula is C12H10BrClN2O. The molecule has 2 rings (SSSR count). The first-order chi connectivity index (χ1) is 8.16. The van der Waals surface area contributed by atoms with E-state index in [-0.39, 0.29) is 5.75 Å². The first kappa shape index (κ1) is 12.2. The monoisotopic (exact) mass is 312 g/mol. The van der Waals surface area contributed by atoms with Crippen LogP contribution in [-0.2, 0) is 6.54 Å². The van der Waals surface area contributed by atoms with Crippen LogP contribution < -0.4 is 5.32 Å². The summed E-state index contributed by atoms with van der Waals surface area (Å²) >= 11 is 9.10. The van der Waals surface area contributed by atoms with Crippen LogP contribution in [0.2, 0.25) is 5.15 Å². The molecule has 88 valence electrons. The Morgan fingerprint density at radius 1 is 1.35 bits per heavy atom. The zero-order valence-electron chi connectivity index (χ0n) is 8.82. The highest BCUT2D eigenvalue weighted by Crippen LogP contribution is 2.24. The fourth-order valence-electron chi connectivity index (χ4n) is 1.38. The third-order valence-corrected chi connectivity index (χ3v) is 3.40. The van der Waals surface area contributed by atoms with Gasteiger partial charge in [-0.25, -0.2) is 4.98 Å². The molecule has 0 spiro atoms. The van der Waals surface area contributed by atoms with Gasteiger partial charge in [-0.1, -0.05) is 29.8 Å².